The van der Waals surface area contributed by atoms with Crippen molar-refractivity contribution in [2.75, 3.05) is 0 Å². The zero-order chi connectivity index (χ0) is 22.4. The van der Waals surface area contributed by atoms with Crippen LogP contribution in [-0.2, 0) is 9.59 Å². The lowest BCUT2D eigenvalue weighted by Gasteiger charge is -1.93. The van der Waals surface area contributed by atoms with Gasteiger partial charge in [-0.2, -0.15) is 0 Å². The van der Waals surface area contributed by atoms with Crippen molar-refractivity contribution in [2.24, 2.45) is 11.5 Å². The molecule has 8 N–H and O–H groups in total. The quantitative estimate of drug-likeness (QED) is 0.412. The lowest BCUT2D eigenvalue weighted by atomic mass is 10.2. The second-order valence-electron chi connectivity index (χ2n) is 5.46. The fraction of sp³-hybridized carbons (Fsp3) is 0.158. The predicted octanol–water partition coefficient (Wildman–Crippen LogP) is 1.31. The Labute approximate surface area is 166 Å². The molecule has 156 valence electrons. The number of primary amides is 2. The van der Waals surface area contributed by atoms with Gasteiger partial charge in [0.25, 0.3) is 0 Å². The second kappa shape index (κ2) is 13.1. The molecule has 0 saturated carbocycles. The van der Waals surface area contributed by atoms with Gasteiger partial charge in [-0.15, -0.1) is 0 Å². The van der Waals surface area contributed by atoms with Crippen molar-refractivity contribution in [3.05, 3.63) is 59.7 Å². The van der Waals surface area contributed by atoms with Gasteiger partial charge in [-0.1, -0.05) is 0 Å². The zero-order valence-electron chi connectivity index (χ0n) is 15.3. The molecule has 10 nitrogen and oxygen atoms in total. The summed E-state index contributed by atoms with van der Waals surface area (Å²) in [6, 6.07) is 11.5. The van der Waals surface area contributed by atoms with Crippen LogP contribution in [0.2, 0.25) is 0 Å². The Hall–Kier alpha value is -4.08. The molecule has 0 aromatic heterocycles. The van der Waals surface area contributed by atoms with Crippen molar-refractivity contribution in [3.8, 4) is 11.5 Å². The fourth-order valence-electron chi connectivity index (χ4n) is 1.64. The van der Waals surface area contributed by atoms with Crippen molar-refractivity contribution >= 4 is 23.8 Å². The van der Waals surface area contributed by atoms with E-state index in [-0.39, 0.29) is 30.8 Å². The number of nitrogens with two attached hydrogens (primary N) is 2. The summed E-state index contributed by atoms with van der Waals surface area (Å²) in [5.41, 5.74) is 10.7. The van der Waals surface area contributed by atoms with Crippen LogP contribution in [0.5, 0.6) is 11.5 Å². The number of rotatable bonds is 6. The van der Waals surface area contributed by atoms with Gasteiger partial charge in [-0.05, 0) is 55.0 Å². The molecule has 2 aromatic rings. The number of carbonyl (C=O) groups is 4. The largest absolute Gasteiger partial charge is 0.508 e. The van der Waals surface area contributed by atoms with E-state index in [9.17, 15) is 19.2 Å². The van der Waals surface area contributed by atoms with Gasteiger partial charge in [-0.25, -0.2) is 0 Å². The summed E-state index contributed by atoms with van der Waals surface area (Å²) in [6.45, 7) is 0. The van der Waals surface area contributed by atoms with Crippen LogP contribution in [-0.4, -0.2) is 44.2 Å². The summed E-state index contributed by atoms with van der Waals surface area (Å²) >= 11 is 0. The summed E-state index contributed by atoms with van der Waals surface area (Å²) in [5.74, 6) is -2.61. The molecule has 0 saturated heterocycles. The van der Waals surface area contributed by atoms with Gasteiger partial charge in [0.05, 0.1) is 0 Å². The summed E-state index contributed by atoms with van der Waals surface area (Å²) in [7, 11) is 0. The zero-order valence-corrected chi connectivity index (χ0v) is 15.3. The molecule has 0 radical (unpaired) electrons. The molecule has 0 spiro atoms. The first-order chi connectivity index (χ1) is 13.5. The molecule has 2 aromatic carbocycles. The Morgan fingerprint density at radius 1 is 0.621 bits per heavy atom. The van der Waals surface area contributed by atoms with E-state index in [1.165, 1.54) is 48.5 Å². The standard InChI is InChI=1S/2C7H7NO2.C5H8O4/c2*8-7(10)5-1-3-6(9)4-2-5;6-4(7)2-1-3-5(8)9/h2*1-4,9H,(H2,8,10);1-3H2,(H,6,7)(H,8,9). The SMILES string of the molecule is NC(=O)c1ccc(O)cc1.NC(=O)c1ccc(O)cc1.O=C(O)CCCC(=O)O. The third-order valence-corrected chi connectivity index (χ3v) is 3.08. The molecule has 2 amide bonds. The molecule has 0 aliphatic carbocycles. The molecule has 0 fully saturated rings. The maximum absolute atomic E-state index is 10.5. The van der Waals surface area contributed by atoms with Gasteiger partial charge < -0.3 is 31.9 Å². The molecule has 0 bridgehead atoms. The molecule has 0 aliphatic heterocycles. The molecule has 10 heteroatoms. The Kier molecular flexibility index (Phi) is 11.3. The monoisotopic (exact) mass is 406 g/mol. The van der Waals surface area contributed by atoms with Crippen molar-refractivity contribution in [1.29, 1.82) is 0 Å². The normalized spacial score (nSPS) is 9.10. The number of amides is 2. The first-order valence-electron chi connectivity index (χ1n) is 8.14. The lowest BCUT2D eigenvalue weighted by molar-refractivity contribution is -0.138. The van der Waals surface area contributed by atoms with Crippen LogP contribution in [0.4, 0.5) is 0 Å². The highest BCUT2D eigenvalue weighted by atomic mass is 16.4. The average molecular weight is 406 g/mol. The first-order valence-corrected chi connectivity index (χ1v) is 8.14. The minimum atomic E-state index is -0.948. The number of carboxylic acids is 2. The summed E-state index contributed by atoms with van der Waals surface area (Å²) in [4.78, 5) is 40.5. The topological polar surface area (TPSA) is 201 Å². The van der Waals surface area contributed by atoms with Gasteiger partial charge in [0.2, 0.25) is 11.8 Å². The number of aliphatic carboxylic acids is 2. The highest BCUT2D eigenvalue weighted by Crippen LogP contribution is 2.09. The number of phenols is 2. The van der Waals surface area contributed by atoms with Crippen LogP contribution >= 0.6 is 0 Å². The number of hydrogen-bond acceptors (Lipinski definition) is 6. The molecule has 0 atom stereocenters. The Balaban J connectivity index is 0.000000407. The van der Waals surface area contributed by atoms with Gasteiger partial charge in [-0.3, -0.25) is 19.2 Å². The van der Waals surface area contributed by atoms with Crippen molar-refractivity contribution < 1.29 is 39.6 Å². The molecule has 0 aliphatic rings. The van der Waals surface area contributed by atoms with E-state index in [0.29, 0.717) is 11.1 Å². The van der Waals surface area contributed by atoms with Crippen LogP contribution in [0, 0.1) is 0 Å². The lowest BCUT2D eigenvalue weighted by Crippen LogP contribution is -2.10. The Morgan fingerprint density at radius 3 is 1.10 bits per heavy atom. The van der Waals surface area contributed by atoms with E-state index >= 15 is 0 Å². The summed E-state index contributed by atoms with van der Waals surface area (Å²) < 4.78 is 0. The minimum absolute atomic E-state index is 0.0632. The van der Waals surface area contributed by atoms with E-state index in [0.717, 1.165) is 0 Å². The molecular formula is C19H22N2O8. The van der Waals surface area contributed by atoms with Crippen LogP contribution < -0.4 is 11.5 Å². The maximum atomic E-state index is 10.5. The van der Waals surface area contributed by atoms with E-state index in [1.54, 1.807) is 0 Å². The minimum Gasteiger partial charge on any atom is -0.508 e. The van der Waals surface area contributed by atoms with Gasteiger partial charge in [0.15, 0.2) is 0 Å². The van der Waals surface area contributed by atoms with Crippen LogP contribution in [0.15, 0.2) is 48.5 Å². The van der Waals surface area contributed by atoms with Gasteiger partial charge in [0, 0.05) is 24.0 Å². The number of benzene rings is 2. The van der Waals surface area contributed by atoms with E-state index in [2.05, 4.69) is 0 Å². The summed E-state index contributed by atoms with van der Waals surface area (Å²) in [5, 5.41) is 33.6. The molecule has 29 heavy (non-hydrogen) atoms. The van der Waals surface area contributed by atoms with Gasteiger partial charge >= 0.3 is 11.9 Å². The highest BCUT2D eigenvalue weighted by molar-refractivity contribution is 5.93. The van der Waals surface area contributed by atoms with E-state index < -0.39 is 23.8 Å². The molecule has 2 rings (SSSR count). The van der Waals surface area contributed by atoms with Crippen LogP contribution in [0.1, 0.15) is 40.0 Å². The van der Waals surface area contributed by atoms with E-state index in [4.69, 9.17) is 31.9 Å². The van der Waals surface area contributed by atoms with E-state index in [1.807, 2.05) is 0 Å². The summed E-state index contributed by atoms with van der Waals surface area (Å²) in [6.07, 6.45) is 0.0866. The molecular weight excluding hydrogens is 384 g/mol. The van der Waals surface area contributed by atoms with Crippen molar-refractivity contribution in [2.45, 2.75) is 19.3 Å². The third-order valence-electron chi connectivity index (χ3n) is 3.08. The molecule has 0 heterocycles. The number of aromatic hydroxyl groups is 2. The number of hydrogen-bond donors (Lipinski definition) is 6. The predicted molar refractivity (Wildman–Crippen MR) is 102 cm³/mol. The van der Waals surface area contributed by atoms with Crippen molar-refractivity contribution in [3.63, 3.8) is 0 Å². The smallest absolute Gasteiger partial charge is 0.303 e. The van der Waals surface area contributed by atoms with Crippen LogP contribution in [0.25, 0.3) is 0 Å². The Bertz CT molecular complexity index is 748. The van der Waals surface area contributed by atoms with Crippen molar-refractivity contribution in [1.82, 2.24) is 0 Å². The number of carbonyl (C=O) groups excluding carboxylic acids is 2. The number of phenolic OH excluding ortho intramolecular Hbond substituents is 2. The maximum Gasteiger partial charge on any atom is 0.303 e. The number of carboxylic acid groups (broad SMARTS) is 2. The first kappa shape index (κ1) is 24.9. The molecule has 0 unspecified atom stereocenters. The third kappa shape index (κ3) is 12.8. The second-order valence-corrected chi connectivity index (χ2v) is 5.46. The van der Waals surface area contributed by atoms with Crippen LogP contribution in [0.3, 0.4) is 0 Å². The average Bonchev–Trinajstić information content (AvgIpc) is 2.63. The Morgan fingerprint density at radius 2 is 0.897 bits per heavy atom. The highest BCUT2D eigenvalue weighted by Gasteiger charge is 2.00. The fourth-order valence-corrected chi connectivity index (χ4v) is 1.64. The van der Waals surface area contributed by atoms with Gasteiger partial charge in [0.1, 0.15) is 11.5 Å².